The van der Waals surface area contributed by atoms with Crippen LogP contribution in [-0.2, 0) is 21.7 Å². The van der Waals surface area contributed by atoms with E-state index in [9.17, 15) is 9.90 Å². The monoisotopic (exact) mass is 416 g/mol. The third-order valence-corrected chi connectivity index (χ3v) is 5.55. The molecule has 2 atom stereocenters. The predicted octanol–water partition coefficient (Wildman–Crippen LogP) is 1.66. The summed E-state index contributed by atoms with van der Waals surface area (Å²) in [5.41, 5.74) is 3.46. The summed E-state index contributed by atoms with van der Waals surface area (Å²) in [5, 5.41) is 28.9. The van der Waals surface area contributed by atoms with Crippen molar-refractivity contribution in [2.45, 2.75) is 58.7 Å². The van der Waals surface area contributed by atoms with Crippen LogP contribution in [0.2, 0.25) is 0 Å². The summed E-state index contributed by atoms with van der Waals surface area (Å²) in [7, 11) is 0. The average Bonchev–Trinajstić information content (AvgIpc) is 2.95. The second-order valence-electron chi connectivity index (χ2n) is 7.64. The number of benzene rings is 1. The van der Waals surface area contributed by atoms with Crippen LogP contribution in [0.5, 0.6) is 0 Å². The van der Waals surface area contributed by atoms with Crippen LogP contribution < -0.4 is 10.6 Å². The van der Waals surface area contributed by atoms with E-state index in [1.165, 1.54) is 5.56 Å². The van der Waals surface area contributed by atoms with Gasteiger partial charge in [0.15, 0.2) is 0 Å². The molecule has 8 heteroatoms. The molecule has 2 aromatic rings. The largest absolute Gasteiger partial charge is 0.481 e. The fourth-order valence-electron chi connectivity index (χ4n) is 3.68. The number of aryl methyl sites for hydroxylation is 2. The number of carbonyl (C=O) groups excluding carboxylic acids is 1. The van der Waals surface area contributed by atoms with Crippen LogP contribution >= 0.6 is 0 Å². The summed E-state index contributed by atoms with van der Waals surface area (Å²) in [6, 6.07) is 9.77. The molecule has 0 radical (unpaired) electrons. The van der Waals surface area contributed by atoms with E-state index < -0.39 is 17.6 Å². The van der Waals surface area contributed by atoms with Crippen molar-refractivity contribution in [3.63, 3.8) is 0 Å². The summed E-state index contributed by atoms with van der Waals surface area (Å²) in [4.78, 5) is 21.7. The second-order valence-corrected chi connectivity index (χ2v) is 7.64. The molecule has 1 aromatic heterocycles. The maximum Gasteiger partial charge on any atom is 0.300 e. The van der Waals surface area contributed by atoms with Gasteiger partial charge in [-0.15, -0.1) is 0 Å². The first-order valence-corrected chi connectivity index (χ1v) is 10.1. The molecule has 0 saturated carbocycles. The summed E-state index contributed by atoms with van der Waals surface area (Å²) in [6.45, 7) is 8.88. The minimum atomic E-state index is -0.833. The van der Waals surface area contributed by atoms with E-state index in [4.69, 9.17) is 9.90 Å². The minimum absolute atomic E-state index is 0.0694. The molecule has 4 N–H and O–H groups in total. The van der Waals surface area contributed by atoms with E-state index in [1.54, 1.807) is 0 Å². The normalized spacial score (nSPS) is 20.8. The first-order valence-electron chi connectivity index (χ1n) is 10.1. The zero-order chi connectivity index (χ0) is 22.3. The molecule has 0 unspecified atom stereocenters. The van der Waals surface area contributed by atoms with Gasteiger partial charge in [-0.3, -0.25) is 14.3 Å². The Morgan fingerprint density at radius 2 is 1.90 bits per heavy atom. The summed E-state index contributed by atoms with van der Waals surface area (Å²) in [6.07, 6.45) is 0.317. The average molecular weight is 417 g/mol. The maximum absolute atomic E-state index is 12.7. The van der Waals surface area contributed by atoms with Gasteiger partial charge < -0.3 is 20.8 Å². The molecule has 0 bridgehead atoms. The van der Waals surface area contributed by atoms with Crippen molar-refractivity contribution in [1.29, 1.82) is 0 Å². The Balaban J connectivity index is 0.000000735. The number of nitrogens with zero attached hydrogens (tertiary/aromatic N) is 2. The molecule has 0 aliphatic carbocycles. The molecule has 1 saturated heterocycles. The van der Waals surface area contributed by atoms with E-state index in [0.29, 0.717) is 25.9 Å². The lowest BCUT2D eigenvalue weighted by atomic mass is 9.79. The number of carboxylic acids is 1. The van der Waals surface area contributed by atoms with Gasteiger partial charge in [0, 0.05) is 32.1 Å². The Hall–Kier alpha value is -2.71. The Morgan fingerprint density at radius 3 is 2.43 bits per heavy atom. The number of carboxylic acid groups (broad SMARTS) is 1. The molecule has 1 fully saturated rings. The number of β-amino-alcohol motifs (C(OH)–C–C–N with tert-alkyl or cyclic N) is 1. The Morgan fingerprint density at radius 1 is 1.27 bits per heavy atom. The summed E-state index contributed by atoms with van der Waals surface area (Å²) < 4.78 is 1.89. The summed E-state index contributed by atoms with van der Waals surface area (Å²) >= 11 is 0. The molecule has 2 heterocycles. The molecule has 164 valence electrons. The van der Waals surface area contributed by atoms with Crippen molar-refractivity contribution < 1.29 is 19.8 Å². The molecule has 1 aromatic carbocycles. The van der Waals surface area contributed by atoms with Crippen molar-refractivity contribution in [3.05, 3.63) is 52.8 Å². The lowest BCUT2D eigenvalue weighted by molar-refractivity contribution is -0.134. The van der Waals surface area contributed by atoms with Crippen LogP contribution in [0.1, 0.15) is 42.3 Å². The molecule has 30 heavy (non-hydrogen) atoms. The molecule has 3 rings (SSSR count). The third kappa shape index (κ3) is 5.67. The SMILES string of the molecule is CC(=O)O.Cc1nn(CCC(=O)N[C@@]2(c3ccccc3)CCNC[C@H]2O)c(C)c1C. The van der Waals surface area contributed by atoms with E-state index in [0.717, 1.165) is 30.4 Å². The van der Waals surface area contributed by atoms with Gasteiger partial charge in [0.1, 0.15) is 0 Å². The first kappa shape index (κ1) is 23.6. The topological polar surface area (TPSA) is 116 Å². The minimum Gasteiger partial charge on any atom is -0.481 e. The molecular formula is C22H32N4O4. The number of rotatable bonds is 5. The van der Waals surface area contributed by atoms with Gasteiger partial charge in [-0.05, 0) is 44.9 Å². The zero-order valence-corrected chi connectivity index (χ0v) is 18.1. The number of piperidine rings is 1. The highest BCUT2D eigenvalue weighted by atomic mass is 16.4. The number of aliphatic hydroxyl groups excluding tert-OH is 1. The lowest BCUT2D eigenvalue weighted by Gasteiger charge is -2.43. The van der Waals surface area contributed by atoms with Crippen molar-refractivity contribution in [2.24, 2.45) is 0 Å². The van der Waals surface area contributed by atoms with Crippen LogP contribution in [0.25, 0.3) is 0 Å². The quantitative estimate of drug-likeness (QED) is 0.589. The predicted molar refractivity (Wildman–Crippen MR) is 114 cm³/mol. The fraction of sp³-hybridized carbons (Fsp3) is 0.500. The molecule has 1 amide bonds. The fourth-order valence-corrected chi connectivity index (χ4v) is 3.68. The van der Waals surface area contributed by atoms with Crippen molar-refractivity contribution >= 4 is 11.9 Å². The Labute approximate surface area is 177 Å². The van der Waals surface area contributed by atoms with Gasteiger partial charge in [0.05, 0.1) is 17.3 Å². The number of carbonyl (C=O) groups is 2. The third-order valence-electron chi connectivity index (χ3n) is 5.55. The van der Waals surface area contributed by atoms with Gasteiger partial charge in [-0.25, -0.2) is 0 Å². The van der Waals surface area contributed by atoms with Gasteiger partial charge in [-0.1, -0.05) is 30.3 Å². The van der Waals surface area contributed by atoms with E-state index >= 15 is 0 Å². The molecule has 1 aliphatic rings. The maximum atomic E-state index is 12.7. The lowest BCUT2D eigenvalue weighted by Crippen LogP contribution is -2.61. The van der Waals surface area contributed by atoms with Gasteiger partial charge in [0.2, 0.25) is 5.91 Å². The van der Waals surface area contributed by atoms with Crippen LogP contribution in [0, 0.1) is 20.8 Å². The first-order chi connectivity index (χ1) is 14.2. The molecule has 1 aliphatic heterocycles. The van der Waals surface area contributed by atoms with Gasteiger partial charge >= 0.3 is 0 Å². The van der Waals surface area contributed by atoms with Crippen LogP contribution in [0.15, 0.2) is 30.3 Å². The highest BCUT2D eigenvalue weighted by Gasteiger charge is 2.42. The van der Waals surface area contributed by atoms with Crippen LogP contribution in [-0.4, -0.2) is 51.1 Å². The zero-order valence-electron chi connectivity index (χ0n) is 18.1. The van der Waals surface area contributed by atoms with Gasteiger partial charge in [-0.2, -0.15) is 5.10 Å². The number of hydrogen-bond acceptors (Lipinski definition) is 5. The number of nitrogens with one attached hydrogen (secondary N) is 2. The Kier molecular flexibility index (Phi) is 8.14. The smallest absolute Gasteiger partial charge is 0.300 e. The second kappa shape index (κ2) is 10.4. The van der Waals surface area contributed by atoms with Crippen molar-refractivity contribution in [2.75, 3.05) is 13.1 Å². The van der Waals surface area contributed by atoms with Crippen molar-refractivity contribution in [3.8, 4) is 0 Å². The highest BCUT2D eigenvalue weighted by Crippen LogP contribution is 2.31. The summed E-state index contributed by atoms with van der Waals surface area (Å²) in [5.74, 6) is -0.903. The van der Waals surface area contributed by atoms with Crippen molar-refractivity contribution in [1.82, 2.24) is 20.4 Å². The molecule has 8 nitrogen and oxygen atoms in total. The number of aliphatic carboxylic acids is 1. The highest BCUT2D eigenvalue weighted by molar-refractivity contribution is 5.77. The number of aliphatic hydroxyl groups is 1. The molecule has 0 spiro atoms. The van der Waals surface area contributed by atoms with Gasteiger partial charge in [0.25, 0.3) is 5.97 Å². The number of aromatic nitrogens is 2. The van der Waals surface area contributed by atoms with Crippen LogP contribution in [0.4, 0.5) is 0 Å². The number of hydrogen-bond donors (Lipinski definition) is 4. The standard InChI is InChI=1S/C20H28N4O2.C2H4O2/c1-14-15(2)23-24(16(14)3)12-9-19(26)22-20(10-11-21-13-18(20)25)17-7-5-4-6-8-17;1-2(3)4/h4-8,18,21,25H,9-13H2,1-3H3,(H,22,26);1H3,(H,3,4)/t18-,20-;/m1./s1. The van der Waals surface area contributed by atoms with E-state index in [1.807, 2.05) is 55.8 Å². The molecular weight excluding hydrogens is 384 g/mol. The number of amides is 1. The Bertz CT molecular complexity index is 862. The van der Waals surface area contributed by atoms with Crippen LogP contribution in [0.3, 0.4) is 0 Å². The van der Waals surface area contributed by atoms with E-state index in [2.05, 4.69) is 15.7 Å². The van der Waals surface area contributed by atoms with E-state index in [-0.39, 0.29) is 5.91 Å².